The fraction of sp³-hybridized carbons (Fsp3) is 1.00. The standard InChI is InChI=1S/C9H15F3O2/c1-4-6-5(2)7(9(10,11)12)8(13-3)14-6/h5-8H,4H2,1-3H3/t5?,6-,7+,8+/m1/s1. The van der Waals surface area contributed by atoms with E-state index < -0.39 is 24.3 Å². The maximum atomic E-state index is 12.6. The summed E-state index contributed by atoms with van der Waals surface area (Å²) in [7, 11) is 1.24. The molecule has 0 spiro atoms. The SMILES string of the molecule is CC[C@H]1O[C@H](OC)[C@@H](C(F)(F)F)C1C. The molecule has 1 aliphatic heterocycles. The predicted molar refractivity (Wildman–Crippen MR) is 44.7 cm³/mol. The minimum atomic E-state index is -4.25. The molecule has 1 saturated heterocycles. The second-order valence-corrected chi connectivity index (χ2v) is 3.61. The van der Waals surface area contributed by atoms with E-state index in [2.05, 4.69) is 0 Å². The van der Waals surface area contributed by atoms with Crippen LogP contribution in [0.3, 0.4) is 0 Å². The van der Waals surface area contributed by atoms with Crippen LogP contribution < -0.4 is 0 Å². The Morgan fingerprint density at radius 3 is 2.21 bits per heavy atom. The Bertz CT molecular complexity index is 191. The van der Waals surface area contributed by atoms with Crippen molar-refractivity contribution in [2.24, 2.45) is 11.8 Å². The van der Waals surface area contributed by atoms with Gasteiger partial charge in [-0.25, -0.2) is 0 Å². The summed E-state index contributed by atoms with van der Waals surface area (Å²) in [5, 5.41) is 0. The smallest absolute Gasteiger partial charge is 0.355 e. The lowest BCUT2D eigenvalue weighted by Crippen LogP contribution is -2.35. The van der Waals surface area contributed by atoms with Crippen LogP contribution in [-0.4, -0.2) is 25.7 Å². The number of hydrogen-bond donors (Lipinski definition) is 0. The van der Waals surface area contributed by atoms with E-state index in [0.717, 1.165) is 0 Å². The number of hydrogen-bond acceptors (Lipinski definition) is 2. The molecule has 2 nitrogen and oxygen atoms in total. The molecule has 84 valence electrons. The summed E-state index contributed by atoms with van der Waals surface area (Å²) in [6.07, 6.45) is -5.17. The molecule has 0 amide bonds. The van der Waals surface area contributed by atoms with Crippen molar-refractivity contribution in [1.29, 1.82) is 0 Å². The van der Waals surface area contributed by atoms with Crippen molar-refractivity contribution >= 4 is 0 Å². The predicted octanol–water partition coefficient (Wildman–Crippen LogP) is 2.58. The summed E-state index contributed by atoms with van der Waals surface area (Å²) < 4.78 is 47.7. The van der Waals surface area contributed by atoms with Crippen LogP contribution in [0.15, 0.2) is 0 Å². The molecule has 1 aliphatic rings. The van der Waals surface area contributed by atoms with Gasteiger partial charge in [-0.15, -0.1) is 0 Å². The average molecular weight is 212 g/mol. The Morgan fingerprint density at radius 1 is 1.36 bits per heavy atom. The van der Waals surface area contributed by atoms with Crippen LogP contribution in [0.2, 0.25) is 0 Å². The molecule has 0 bridgehead atoms. The number of methoxy groups -OCH3 is 1. The highest BCUT2D eigenvalue weighted by Crippen LogP contribution is 2.44. The van der Waals surface area contributed by atoms with Crippen molar-refractivity contribution < 1.29 is 22.6 Å². The quantitative estimate of drug-likeness (QED) is 0.700. The molecule has 0 aromatic carbocycles. The first-order valence-corrected chi connectivity index (χ1v) is 4.66. The Labute approximate surface area is 81.4 Å². The third kappa shape index (κ3) is 2.03. The van der Waals surface area contributed by atoms with E-state index in [4.69, 9.17) is 9.47 Å². The van der Waals surface area contributed by atoms with Gasteiger partial charge in [0, 0.05) is 7.11 Å². The van der Waals surface area contributed by atoms with Crippen molar-refractivity contribution in [2.75, 3.05) is 7.11 Å². The van der Waals surface area contributed by atoms with Crippen LogP contribution in [0, 0.1) is 11.8 Å². The van der Waals surface area contributed by atoms with Crippen molar-refractivity contribution in [3.05, 3.63) is 0 Å². The van der Waals surface area contributed by atoms with Crippen LogP contribution in [0.1, 0.15) is 20.3 Å². The molecule has 1 fully saturated rings. The van der Waals surface area contributed by atoms with Gasteiger partial charge in [-0.2, -0.15) is 13.2 Å². The summed E-state index contributed by atoms with van der Waals surface area (Å²) in [4.78, 5) is 0. The molecule has 0 radical (unpaired) electrons. The molecule has 0 aromatic heterocycles. The number of alkyl halides is 3. The molecule has 1 rings (SSSR count). The highest BCUT2D eigenvalue weighted by Gasteiger charge is 2.55. The maximum absolute atomic E-state index is 12.6. The van der Waals surface area contributed by atoms with Crippen LogP contribution in [0.5, 0.6) is 0 Å². The summed E-state index contributed by atoms with van der Waals surface area (Å²) in [5.41, 5.74) is 0. The Balaban J connectivity index is 2.80. The van der Waals surface area contributed by atoms with E-state index in [1.165, 1.54) is 7.11 Å². The van der Waals surface area contributed by atoms with Crippen LogP contribution >= 0.6 is 0 Å². The highest BCUT2D eigenvalue weighted by atomic mass is 19.4. The molecule has 14 heavy (non-hydrogen) atoms. The number of ether oxygens (including phenoxy) is 2. The highest BCUT2D eigenvalue weighted by molar-refractivity contribution is 4.87. The fourth-order valence-corrected chi connectivity index (χ4v) is 1.98. The van der Waals surface area contributed by atoms with E-state index in [-0.39, 0.29) is 6.10 Å². The lowest BCUT2D eigenvalue weighted by Gasteiger charge is -2.22. The zero-order chi connectivity index (χ0) is 10.9. The minimum absolute atomic E-state index is 0.355. The van der Waals surface area contributed by atoms with Gasteiger partial charge < -0.3 is 9.47 Å². The second-order valence-electron chi connectivity index (χ2n) is 3.61. The fourth-order valence-electron chi connectivity index (χ4n) is 1.98. The van der Waals surface area contributed by atoms with Gasteiger partial charge in [0.25, 0.3) is 0 Å². The van der Waals surface area contributed by atoms with Gasteiger partial charge in [0.2, 0.25) is 0 Å². The van der Waals surface area contributed by atoms with Crippen LogP contribution in [-0.2, 0) is 9.47 Å². The molecule has 0 aromatic rings. The monoisotopic (exact) mass is 212 g/mol. The molecule has 1 heterocycles. The third-order valence-electron chi connectivity index (χ3n) is 2.77. The van der Waals surface area contributed by atoms with Gasteiger partial charge in [-0.3, -0.25) is 0 Å². The van der Waals surface area contributed by atoms with Gasteiger partial charge in [0.1, 0.15) is 5.92 Å². The van der Waals surface area contributed by atoms with Gasteiger partial charge in [-0.05, 0) is 12.3 Å². The third-order valence-corrected chi connectivity index (χ3v) is 2.77. The summed E-state index contributed by atoms with van der Waals surface area (Å²) in [5.74, 6) is -2.04. The first kappa shape index (κ1) is 11.8. The second kappa shape index (κ2) is 4.06. The number of halogens is 3. The Morgan fingerprint density at radius 2 is 1.93 bits per heavy atom. The molecule has 5 heteroatoms. The molecule has 1 unspecified atom stereocenters. The van der Waals surface area contributed by atoms with Crippen molar-refractivity contribution in [1.82, 2.24) is 0 Å². The van der Waals surface area contributed by atoms with Crippen LogP contribution in [0.4, 0.5) is 13.2 Å². The Kier molecular flexibility index (Phi) is 3.42. The summed E-state index contributed by atoms with van der Waals surface area (Å²) in [6.45, 7) is 3.37. The van der Waals surface area contributed by atoms with Crippen molar-refractivity contribution in [2.45, 2.75) is 38.8 Å². The zero-order valence-electron chi connectivity index (χ0n) is 8.47. The first-order valence-electron chi connectivity index (χ1n) is 4.66. The molecular formula is C9H15F3O2. The Hall–Kier alpha value is -0.290. The maximum Gasteiger partial charge on any atom is 0.397 e. The first-order chi connectivity index (χ1) is 6.41. The minimum Gasteiger partial charge on any atom is -0.355 e. The molecule has 0 saturated carbocycles. The van der Waals surface area contributed by atoms with Gasteiger partial charge in [0.15, 0.2) is 6.29 Å². The van der Waals surface area contributed by atoms with Crippen LogP contribution in [0.25, 0.3) is 0 Å². The van der Waals surface area contributed by atoms with E-state index in [0.29, 0.717) is 6.42 Å². The lowest BCUT2D eigenvalue weighted by molar-refractivity contribution is -0.235. The van der Waals surface area contributed by atoms with E-state index in [9.17, 15) is 13.2 Å². The summed E-state index contributed by atoms with van der Waals surface area (Å²) in [6, 6.07) is 0. The normalized spacial score (nSPS) is 39.0. The molecule has 0 aliphatic carbocycles. The largest absolute Gasteiger partial charge is 0.397 e. The average Bonchev–Trinajstić information content (AvgIpc) is 2.40. The molecule has 0 N–H and O–H groups in total. The molecule has 4 atom stereocenters. The summed E-state index contributed by atoms with van der Waals surface area (Å²) >= 11 is 0. The lowest BCUT2D eigenvalue weighted by atomic mass is 9.90. The van der Waals surface area contributed by atoms with Gasteiger partial charge in [-0.1, -0.05) is 13.8 Å². The van der Waals surface area contributed by atoms with E-state index in [1.807, 2.05) is 6.92 Å². The van der Waals surface area contributed by atoms with E-state index >= 15 is 0 Å². The van der Waals surface area contributed by atoms with Gasteiger partial charge >= 0.3 is 6.18 Å². The van der Waals surface area contributed by atoms with Crippen molar-refractivity contribution in [3.63, 3.8) is 0 Å². The zero-order valence-corrected chi connectivity index (χ0v) is 8.47. The molecular weight excluding hydrogens is 197 g/mol. The topological polar surface area (TPSA) is 18.5 Å². The van der Waals surface area contributed by atoms with Gasteiger partial charge in [0.05, 0.1) is 6.10 Å². The number of rotatable bonds is 2. The van der Waals surface area contributed by atoms with Crippen molar-refractivity contribution in [3.8, 4) is 0 Å². The van der Waals surface area contributed by atoms with E-state index in [1.54, 1.807) is 6.92 Å².